The molecule has 1 amide bonds. The number of carbonyl (C=O) groups is 2. The van der Waals surface area contributed by atoms with E-state index in [0.717, 1.165) is 15.2 Å². The number of nitrogens with one attached hydrogen (secondary N) is 1. The van der Waals surface area contributed by atoms with Crippen LogP contribution in [-0.2, 0) is 24.7 Å². The lowest BCUT2D eigenvalue weighted by Crippen LogP contribution is -2.42. The van der Waals surface area contributed by atoms with E-state index in [1.807, 2.05) is 0 Å². The zero-order chi connectivity index (χ0) is 28.4. The monoisotopic (exact) mass is 573 g/mol. The van der Waals surface area contributed by atoms with E-state index in [1.54, 1.807) is 6.07 Å². The second-order valence-corrected chi connectivity index (χ2v) is 9.56. The molecule has 4 aromatic rings. The molecule has 0 unspecified atom stereocenters. The van der Waals surface area contributed by atoms with Crippen LogP contribution < -0.4 is 16.6 Å². The number of carbonyl (C=O) groups excluding carboxylic acids is 1. The van der Waals surface area contributed by atoms with E-state index in [0.29, 0.717) is 5.56 Å². The van der Waals surface area contributed by atoms with E-state index in [-0.39, 0.29) is 57.2 Å². The second-order valence-electron chi connectivity index (χ2n) is 8.75. The van der Waals surface area contributed by atoms with Crippen molar-refractivity contribution in [2.24, 2.45) is 7.05 Å². The zero-order valence-electron chi connectivity index (χ0n) is 20.5. The molecule has 0 bridgehead atoms. The third-order valence-corrected chi connectivity index (χ3v) is 6.88. The molecule has 0 radical (unpaired) electrons. The number of benzene rings is 3. The van der Waals surface area contributed by atoms with Gasteiger partial charge in [-0.1, -0.05) is 41.4 Å². The van der Waals surface area contributed by atoms with E-state index in [2.05, 4.69) is 5.32 Å². The Balaban J connectivity index is 1.65. The molecule has 0 fully saturated rings. The first-order valence-corrected chi connectivity index (χ1v) is 12.4. The molecule has 1 atom stereocenters. The quantitative estimate of drug-likeness (QED) is 0.297. The Hall–Kier alpha value is -3.99. The van der Waals surface area contributed by atoms with Crippen molar-refractivity contribution in [1.82, 2.24) is 14.5 Å². The molecule has 9 nitrogen and oxygen atoms in total. The van der Waals surface area contributed by atoms with Crippen molar-refractivity contribution in [3.63, 3.8) is 0 Å². The number of carboxylic acids is 1. The zero-order valence-corrected chi connectivity index (χ0v) is 22.0. The molecule has 0 aliphatic heterocycles. The molecule has 0 spiro atoms. The van der Waals surface area contributed by atoms with Gasteiger partial charge in [0.05, 0.1) is 32.2 Å². The molecule has 1 aromatic heterocycles. The lowest BCUT2D eigenvalue weighted by Gasteiger charge is -2.16. The number of aliphatic hydroxyl groups excluding tert-OH is 1. The van der Waals surface area contributed by atoms with Crippen LogP contribution in [0.1, 0.15) is 21.5 Å². The molecule has 1 heterocycles. The van der Waals surface area contributed by atoms with Gasteiger partial charge in [0, 0.05) is 20.1 Å². The van der Waals surface area contributed by atoms with Gasteiger partial charge in [0.2, 0.25) is 0 Å². The van der Waals surface area contributed by atoms with Crippen LogP contribution in [0.15, 0.2) is 64.2 Å². The number of aliphatic carboxylic acids is 1. The Morgan fingerprint density at radius 3 is 2.28 bits per heavy atom. The summed E-state index contributed by atoms with van der Waals surface area (Å²) < 4.78 is 16.4. The van der Waals surface area contributed by atoms with Gasteiger partial charge in [-0.15, -0.1) is 0 Å². The van der Waals surface area contributed by atoms with Gasteiger partial charge in [-0.05, 0) is 53.9 Å². The van der Waals surface area contributed by atoms with Crippen LogP contribution in [-0.4, -0.2) is 43.9 Å². The number of amides is 1. The highest BCUT2D eigenvalue weighted by atomic mass is 35.5. The minimum absolute atomic E-state index is 0.00269. The van der Waals surface area contributed by atoms with E-state index >= 15 is 0 Å². The summed E-state index contributed by atoms with van der Waals surface area (Å²) in [6.07, 6.45) is -0.111. The minimum Gasteiger partial charge on any atom is -0.480 e. The highest BCUT2D eigenvalue weighted by molar-refractivity contribution is 6.39. The van der Waals surface area contributed by atoms with E-state index in [1.165, 1.54) is 49.5 Å². The highest BCUT2D eigenvalue weighted by Gasteiger charge is 2.24. The predicted octanol–water partition coefficient (Wildman–Crippen LogP) is 3.10. The number of fused-ring (bicyclic) bond motifs is 1. The first-order valence-electron chi connectivity index (χ1n) is 11.7. The standard InChI is InChI=1S/C27H22Cl2FN3O6/c1-32-22-13-20(30)15(9-10-34)12-17(22)25(36)33(27(32)39)16-7-5-14(6-8-16)11-21(26(37)38)31-24(35)23-18(28)3-2-4-19(23)29/h2-8,12-13,21,34H,9-11H2,1H3,(H,31,35)(H,37,38)/t21-/m0/s1. The number of aryl methyl sites for hydroxylation is 1. The maximum Gasteiger partial charge on any atom is 0.335 e. The third-order valence-electron chi connectivity index (χ3n) is 6.25. The van der Waals surface area contributed by atoms with Gasteiger partial charge >= 0.3 is 11.7 Å². The summed E-state index contributed by atoms with van der Waals surface area (Å²) in [6.45, 7) is -0.312. The number of nitrogens with zero attached hydrogens (tertiary/aromatic N) is 2. The minimum atomic E-state index is -1.33. The molecular weight excluding hydrogens is 552 g/mol. The molecule has 4 rings (SSSR count). The van der Waals surface area contributed by atoms with Crippen molar-refractivity contribution in [2.45, 2.75) is 18.9 Å². The Morgan fingerprint density at radius 1 is 1.05 bits per heavy atom. The molecule has 0 saturated heterocycles. The summed E-state index contributed by atoms with van der Waals surface area (Å²) in [4.78, 5) is 50.8. The molecular formula is C27H22Cl2FN3O6. The molecule has 3 aromatic carbocycles. The van der Waals surface area contributed by atoms with Crippen LogP contribution in [0.2, 0.25) is 10.0 Å². The van der Waals surface area contributed by atoms with Crippen molar-refractivity contribution >= 4 is 46.0 Å². The van der Waals surface area contributed by atoms with E-state index < -0.39 is 35.0 Å². The summed E-state index contributed by atoms with van der Waals surface area (Å²) in [7, 11) is 1.41. The number of halogens is 3. The smallest absolute Gasteiger partial charge is 0.335 e. The topological polar surface area (TPSA) is 131 Å². The Bertz CT molecular complexity index is 1700. The van der Waals surface area contributed by atoms with Crippen LogP contribution in [0.25, 0.3) is 16.6 Å². The van der Waals surface area contributed by atoms with Crippen LogP contribution in [0.5, 0.6) is 0 Å². The van der Waals surface area contributed by atoms with Crippen LogP contribution in [0.3, 0.4) is 0 Å². The van der Waals surface area contributed by atoms with Crippen LogP contribution in [0, 0.1) is 5.82 Å². The van der Waals surface area contributed by atoms with Gasteiger partial charge in [-0.2, -0.15) is 0 Å². The number of hydrogen-bond acceptors (Lipinski definition) is 5. The maximum absolute atomic E-state index is 14.4. The van der Waals surface area contributed by atoms with E-state index in [4.69, 9.17) is 23.2 Å². The SMILES string of the molecule is Cn1c(=O)n(-c2ccc(C[C@H](NC(=O)c3c(Cl)cccc3Cl)C(=O)O)cc2)c(=O)c2cc(CCO)c(F)cc21. The molecule has 0 aliphatic carbocycles. The lowest BCUT2D eigenvalue weighted by atomic mass is 10.0. The Kier molecular flexibility index (Phi) is 8.19. The van der Waals surface area contributed by atoms with Crippen molar-refractivity contribution in [1.29, 1.82) is 0 Å². The molecule has 39 heavy (non-hydrogen) atoms. The molecule has 12 heteroatoms. The number of rotatable bonds is 8. The van der Waals surface area contributed by atoms with Crippen molar-refractivity contribution < 1.29 is 24.2 Å². The van der Waals surface area contributed by atoms with Gasteiger partial charge in [-0.3, -0.25) is 14.2 Å². The maximum atomic E-state index is 14.4. The predicted molar refractivity (Wildman–Crippen MR) is 145 cm³/mol. The third kappa shape index (κ3) is 5.58. The summed E-state index contributed by atoms with van der Waals surface area (Å²) in [5.74, 6) is -2.68. The fraction of sp³-hybridized carbons (Fsp3) is 0.185. The first kappa shape index (κ1) is 28.0. The van der Waals surface area contributed by atoms with Crippen molar-refractivity contribution in [3.05, 3.63) is 108 Å². The molecule has 0 aliphatic rings. The van der Waals surface area contributed by atoms with Crippen molar-refractivity contribution in [2.75, 3.05) is 6.61 Å². The second kappa shape index (κ2) is 11.4. The normalized spacial score (nSPS) is 11.9. The van der Waals surface area contributed by atoms with Crippen LogP contribution in [0.4, 0.5) is 4.39 Å². The summed E-state index contributed by atoms with van der Waals surface area (Å²) >= 11 is 12.1. The average molecular weight is 574 g/mol. The van der Waals surface area contributed by atoms with E-state index in [9.17, 15) is 33.8 Å². The van der Waals surface area contributed by atoms with Gasteiger partial charge < -0.3 is 15.5 Å². The Labute approximate surface area is 230 Å². The highest BCUT2D eigenvalue weighted by Crippen LogP contribution is 2.24. The lowest BCUT2D eigenvalue weighted by molar-refractivity contribution is -0.139. The fourth-order valence-electron chi connectivity index (χ4n) is 4.22. The number of hydrogen-bond donors (Lipinski definition) is 3. The molecule has 3 N–H and O–H groups in total. The molecule has 202 valence electrons. The fourth-order valence-corrected chi connectivity index (χ4v) is 4.79. The first-order chi connectivity index (χ1) is 18.5. The Morgan fingerprint density at radius 2 is 1.69 bits per heavy atom. The number of aromatic nitrogens is 2. The average Bonchev–Trinajstić information content (AvgIpc) is 2.89. The summed E-state index contributed by atoms with van der Waals surface area (Å²) in [5, 5.41) is 21.5. The van der Waals surface area contributed by atoms with Gasteiger partial charge in [0.25, 0.3) is 11.5 Å². The summed E-state index contributed by atoms with van der Waals surface area (Å²) in [6, 6.07) is 11.5. The van der Waals surface area contributed by atoms with Crippen molar-refractivity contribution in [3.8, 4) is 5.69 Å². The van der Waals surface area contributed by atoms with Gasteiger partial charge in [-0.25, -0.2) is 18.5 Å². The summed E-state index contributed by atoms with van der Waals surface area (Å²) in [5.41, 5.74) is -0.476. The molecule has 0 saturated carbocycles. The van der Waals surface area contributed by atoms with Crippen LogP contribution >= 0.6 is 23.2 Å². The van der Waals surface area contributed by atoms with Gasteiger partial charge in [0.1, 0.15) is 11.9 Å². The van der Waals surface area contributed by atoms with Gasteiger partial charge in [0.15, 0.2) is 0 Å². The number of aliphatic hydroxyl groups is 1. The number of carboxylic acid groups (broad SMARTS) is 1. The largest absolute Gasteiger partial charge is 0.480 e.